The van der Waals surface area contributed by atoms with Crippen molar-refractivity contribution in [3.63, 3.8) is 0 Å². The molecule has 1 aromatic heterocycles. The number of nitrogens with one attached hydrogen (secondary N) is 2. The Morgan fingerprint density at radius 2 is 1.85 bits per heavy atom. The quantitative estimate of drug-likeness (QED) is 0.778. The van der Waals surface area contributed by atoms with Crippen molar-refractivity contribution in [3.05, 3.63) is 39.6 Å². The minimum absolute atomic E-state index is 0.422. The molecule has 8 nitrogen and oxygen atoms in total. The largest absolute Gasteiger partial charge is 0.486 e. The zero-order chi connectivity index (χ0) is 19.4. The van der Waals surface area contributed by atoms with E-state index in [9.17, 15) is 14.4 Å². The number of urea groups is 1. The third-order valence-corrected chi connectivity index (χ3v) is 4.61. The standard InChI is InChI=1S/C18H18N2O6S/c1-10-7-13(11(2)27-10)17(22)26-9-16(21)20-18(23)19-12-3-4-14-15(8-12)25-6-5-24-14/h3-4,7-8H,5-6,9H2,1-2H3,(H2,19,20,21,23). The Labute approximate surface area is 159 Å². The van der Waals surface area contributed by atoms with E-state index in [4.69, 9.17) is 14.2 Å². The zero-order valence-corrected chi connectivity index (χ0v) is 15.6. The highest BCUT2D eigenvalue weighted by Gasteiger charge is 2.17. The summed E-state index contributed by atoms with van der Waals surface area (Å²) in [6.45, 7) is 4.02. The molecule has 0 radical (unpaired) electrons. The lowest BCUT2D eigenvalue weighted by molar-refractivity contribution is -0.123. The number of benzene rings is 1. The molecule has 0 saturated heterocycles. The summed E-state index contributed by atoms with van der Waals surface area (Å²) in [5.41, 5.74) is 0.858. The lowest BCUT2D eigenvalue weighted by Gasteiger charge is -2.19. The number of aryl methyl sites for hydroxylation is 2. The van der Waals surface area contributed by atoms with Crippen molar-refractivity contribution in [2.75, 3.05) is 25.1 Å². The molecule has 3 rings (SSSR count). The molecule has 2 N–H and O–H groups in total. The van der Waals surface area contributed by atoms with E-state index in [1.807, 2.05) is 6.92 Å². The number of imide groups is 1. The van der Waals surface area contributed by atoms with E-state index in [2.05, 4.69) is 10.6 Å². The number of anilines is 1. The maximum atomic E-state index is 12.0. The van der Waals surface area contributed by atoms with Crippen molar-refractivity contribution in [3.8, 4) is 11.5 Å². The van der Waals surface area contributed by atoms with E-state index in [0.717, 1.165) is 9.75 Å². The first kappa shape index (κ1) is 18.7. The average Bonchev–Trinajstić information content (AvgIpc) is 2.97. The highest BCUT2D eigenvalue weighted by Crippen LogP contribution is 2.32. The van der Waals surface area contributed by atoms with E-state index in [0.29, 0.717) is 36.0 Å². The Hall–Kier alpha value is -3.07. The van der Waals surface area contributed by atoms with Gasteiger partial charge in [-0.1, -0.05) is 0 Å². The van der Waals surface area contributed by atoms with Gasteiger partial charge < -0.3 is 19.5 Å². The Morgan fingerprint density at radius 3 is 2.56 bits per heavy atom. The molecule has 1 aliphatic heterocycles. The molecule has 0 unspecified atom stereocenters. The number of ether oxygens (including phenoxy) is 3. The van der Waals surface area contributed by atoms with Gasteiger partial charge in [-0.3, -0.25) is 10.1 Å². The highest BCUT2D eigenvalue weighted by molar-refractivity contribution is 7.12. The molecule has 1 aliphatic rings. The smallest absolute Gasteiger partial charge is 0.339 e. The fraction of sp³-hybridized carbons (Fsp3) is 0.278. The predicted octanol–water partition coefficient (Wildman–Crippen LogP) is 2.64. The molecule has 27 heavy (non-hydrogen) atoms. The Kier molecular flexibility index (Phi) is 5.60. The molecule has 142 valence electrons. The van der Waals surface area contributed by atoms with Gasteiger partial charge in [-0.2, -0.15) is 0 Å². The van der Waals surface area contributed by atoms with Crippen LogP contribution in [0.2, 0.25) is 0 Å². The van der Waals surface area contributed by atoms with E-state index in [1.165, 1.54) is 11.3 Å². The molecule has 0 fully saturated rings. The van der Waals surface area contributed by atoms with Gasteiger partial charge in [0, 0.05) is 21.5 Å². The third kappa shape index (κ3) is 4.76. The number of hydrogen-bond acceptors (Lipinski definition) is 7. The van der Waals surface area contributed by atoms with E-state index < -0.39 is 24.5 Å². The van der Waals surface area contributed by atoms with Crippen molar-refractivity contribution in [2.24, 2.45) is 0 Å². The molecule has 3 amide bonds. The van der Waals surface area contributed by atoms with Crippen LogP contribution in [0.4, 0.5) is 10.5 Å². The minimum atomic E-state index is -0.740. The average molecular weight is 390 g/mol. The molecule has 0 saturated carbocycles. The van der Waals surface area contributed by atoms with Crippen LogP contribution in [0.3, 0.4) is 0 Å². The Balaban J connectivity index is 1.48. The fourth-order valence-corrected chi connectivity index (χ4v) is 3.40. The van der Waals surface area contributed by atoms with E-state index in [1.54, 1.807) is 31.2 Å². The molecule has 0 bridgehead atoms. The van der Waals surface area contributed by atoms with Crippen molar-refractivity contribution in [1.82, 2.24) is 5.32 Å². The van der Waals surface area contributed by atoms with Crippen LogP contribution in [0.15, 0.2) is 24.3 Å². The molecule has 0 aliphatic carbocycles. The first-order valence-electron chi connectivity index (χ1n) is 8.17. The number of thiophene rings is 1. The van der Waals surface area contributed by atoms with Gasteiger partial charge in [0.05, 0.1) is 5.56 Å². The molecule has 1 aromatic carbocycles. The second kappa shape index (κ2) is 8.09. The maximum Gasteiger partial charge on any atom is 0.339 e. The Bertz CT molecular complexity index is 892. The zero-order valence-electron chi connectivity index (χ0n) is 14.8. The summed E-state index contributed by atoms with van der Waals surface area (Å²) in [7, 11) is 0. The molecule has 0 spiro atoms. The van der Waals surface area contributed by atoms with Crippen LogP contribution in [-0.2, 0) is 9.53 Å². The first-order chi connectivity index (χ1) is 12.9. The van der Waals surface area contributed by atoms with Crippen LogP contribution < -0.4 is 20.1 Å². The summed E-state index contributed by atoms with van der Waals surface area (Å²) < 4.78 is 15.8. The number of rotatable bonds is 4. The van der Waals surface area contributed by atoms with Crippen molar-refractivity contribution < 1.29 is 28.6 Å². The summed E-state index contributed by atoms with van der Waals surface area (Å²) in [6, 6.07) is 5.85. The van der Waals surface area contributed by atoms with Crippen LogP contribution in [0, 0.1) is 13.8 Å². The van der Waals surface area contributed by atoms with Crippen molar-refractivity contribution in [2.45, 2.75) is 13.8 Å². The minimum Gasteiger partial charge on any atom is -0.486 e. The number of carbonyl (C=O) groups is 3. The number of amides is 3. The lowest BCUT2D eigenvalue weighted by atomic mass is 10.2. The summed E-state index contributed by atoms with van der Waals surface area (Å²) in [5, 5.41) is 4.61. The third-order valence-electron chi connectivity index (χ3n) is 3.65. The van der Waals surface area contributed by atoms with Crippen molar-refractivity contribution >= 4 is 34.9 Å². The van der Waals surface area contributed by atoms with Gasteiger partial charge in [0.25, 0.3) is 5.91 Å². The summed E-state index contributed by atoms with van der Waals surface area (Å²) in [5.74, 6) is -0.225. The van der Waals surface area contributed by atoms with Crippen LogP contribution in [0.25, 0.3) is 0 Å². The van der Waals surface area contributed by atoms with E-state index >= 15 is 0 Å². The molecule has 0 atom stereocenters. The monoisotopic (exact) mass is 390 g/mol. The summed E-state index contributed by atoms with van der Waals surface area (Å²) in [4.78, 5) is 37.5. The normalized spacial score (nSPS) is 12.2. The van der Waals surface area contributed by atoms with Gasteiger partial charge in [-0.15, -0.1) is 11.3 Å². The molecule has 9 heteroatoms. The lowest BCUT2D eigenvalue weighted by Crippen LogP contribution is -2.37. The number of fused-ring (bicyclic) bond motifs is 1. The molecule has 2 heterocycles. The van der Waals surface area contributed by atoms with Gasteiger partial charge in [0.1, 0.15) is 13.2 Å². The highest BCUT2D eigenvalue weighted by atomic mass is 32.1. The maximum absolute atomic E-state index is 12.0. The van der Waals surface area contributed by atoms with Crippen molar-refractivity contribution in [1.29, 1.82) is 0 Å². The van der Waals surface area contributed by atoms with Crippen LogP contribution in [0.5, 0.6) is 11.5 Å². The van der Waals surface area contributed by atoms with Gasteiger partial charge in [0.2, 0.25) is 0 Å². The molecular weight excluding hydrogens is 372 g/mol. The summed E-state index contributed by atoms with van der Waals surface area (Å²) in [6.07, 6.45) is 0. The topological polar surface area (TPSA) is 103 Å². The van der Waals surface area contributed by atoms with Gasteiger partial charge >= 0.3 is 12.0 Å². The predicted molar refractivity (Wildman–Crippen MR) is 98.7 cm³/mol. The van der Waals surface area contributed by atoms with E-state index in [-0.39, 0.29) is 0 Å². The van der Waals surface area contributed by atoms with Crippen LogP contribution in [-0.4, -0.2) is 37.7 Å². The van der Waals surface area contributed by atoms with Crippen LogP contribution in [0.1, 0.15) is 20.1 Å². The first-order valence-corrected chi connectivity index (χ1v) is 8.98. The molecule has 2 aromatic rings. The Morgan fingerprint density at radius 1 is 1.11 bits per heavy atom. The fourth-order valence-electron chi connectivity index (χ4n) is 2.49. The number of carbonyl (C=O) groups excluding carboxylic acids is 3. The van der Waals surface area contributed by atoms with Gasteiger partial charge in [-0.25, -0.2) is 9.59 Å². The van der Waals surface area contributed by atoms with Gasteiger partial charge in [0.15, 0.2) is 18.1 Å². The number of hydrogen-bond donors (Lipinski definition) is 2. The SMILES string of the molecule is Cc1cc(C(=O)OCC(=O)NC(=O)Nc2ccc3c(c2)OCCO3)c(C)s1. The van der Waals surface area contributed by atoms with Gasteiger partial charge in [-0.05, 0) is 32.0 Å². The molecular formula is C18H18N2O6S. The number of esters is 1. The van der Waals surface area contributed by atoms with Crippen LogP contribution >= 0.6 is 11.3 Å². The second-order valence-electron chi connectivity index (χ2n) is 5.76. The second-order valence-corrected chi connectivity index (χ2v) is 7.22. The summed E-state index contributed by atoms with van der Waals surface area (Å²) >= 11 is 1.47.